The van der Waals surface area contributed by atoms with Crippen LogP contribution in [0.2, 0.25) is 5.02 Å². The Labute approximate surface area is 131 Å². The lowest BCUT2D eigenvalue weighted by Gasteiger charge is -2.10. The third-order valence-electron chi connectivity index (χ3n) is 2.90. The number of carbonyl (C=O) groups is 1. The first kappa shape index (κ1) is 15.1. The number of carbonyl (C=O) groups excluding carboxylic acids is 1. The fourth-order valence-electron chi connectivity index (χ4n) is 1.98. The highest BCUT2D eigenvalue weighted by Gasteiger charge is 2.11. The van der Waals surface area contributed by atoms with Crippen molar-refractivity contribution in [3.05, 3.63) is 58.6 Å². The van der Waals surface area contributed by atoms with E-state index in [1.165, 1.54) is 0 Å². The van der Waals surface area contributed by atoms with Crippen molar-refractivity contribution in [2.75, 3.05) is 6.61 Å². The Morgan fingerprint density at radius 2 is 2.05 bits per heavy atom. The van der Waals surface area contributed by atoms with Gasteiger partial charge in [0.25, 0.3) is 0 Å². The van der Waals surface area contributed by atoms with E-state index in [9.17, 15) is 4.79 Å². The third-order valence-corrected chi connectivity index (χ3v) is 3.74. The molecule has 0 heterocycles. The largest absolute Gasteiger partial charge is 0.462 e. The van der Waals surface area contributed by atoms with E-state index >= 15 is 0 Å². The van der Waals surface area contributed by atoms with Crippen LogP contribution < -0.4 is 0 Å². The molecule has 0 fully saturated rings. The molecule has 2 aromatic rings. The molecule has 2 aromatic carbocycles. The van der Waals surface area contributed by atoms with Gasteiger partial charge in [-0.25, -0.2) is 4.79 Å². The van der Waals surface area contributed by atoms with Crippen LogP contribution in [0, 0.1) is 0 Å². The summed E-state index contributed by atoms with van der Waals surface area (Å²) in [5.74, 6) is -0.299. The highest BCUT2D eigenvalue weighted by Crippen LogP contribution is 2.28. The molecule has 0 aliphatic rings. The van der Waals surface area contributed by atoms with Crippen molar-refractivity contribution >= 4 is 33.5 Å². The summed E-state index contributed by atoms with van der Waals surface area (Å²) in [4.78, 5) is 11.8. The van der Waals surface area contributed by atoms with E-state index in [0.29, 0.717) is 22.5 Å². The first-order chi connectivity index (χ1) is 9.65. The van der Waals surface area contributed by atoms with Crippen LogP contribution in [0.25, 0.3) is 11.1 Å². The van der Waals surface area contributed by atoms with Crippen molar-refractivity contribution < 1.29 is 9.53 Å². The second-order valence-corrected chi connectivity index (χ2v) is 5.23. The molecule has 0 radical (unpaired) electrons. The van der Waals surface area contributed by atoms with Crippen LogP contribution in [0.5, 0.6) is 0 Å². The molecule has 4 heteroatoms. The van der Waals surface area contributed by atoms with Crippen molar-refractivity contribution in [1.29, 1.82) is 0 Å². The summed E-state index contributed by atoms with van der Waals surface area (Å²) in [7, 11) is 0. The molecule has 0 saturated heterocycles. The highest BCUT2D eigenvalue weighted by atomic mass is 79.9. The molecule has 0 N–H and O–H groups in total. The number of halogens is 2. The Morgan fingerprint density at radius 1 is 1.25 bits per heavy atom. The standard InChI is InChI=1S/C16H14BrClO2/c1-2-20-16(19)12-6-7-15(13(8-12)10-17)11-4-3-5-14(18)9-11/h3-9H,2,10H2,1H3. The minimum atomic E-state index is -0.299. The lowest BCUT2D eigenvalue weighted by Crippen LogP contribution is -2.05. The van der Waals surface area contributed by atoms with Crippen molar-refractivity contribution in [2.45, 2.75) is 12.3 Å². The van der Waals surface area contributed by atoms with E-state index in [1.807, 2.05) is 36.4 Å². The van der Waals surface area contributed by atoms with E-state index < -0.39 is 0 Å². The molecular weight excluding hydrogens is 340 g/mol. The molecule has 2 nitrogen and oxygen atoms in total. The Bertz CT molecular complexity index is 626. The van der Waals surface area contributed by atoms with Crippen molar-refractivity contribution in [3.63, 3.8) is 0 Å². The summed E-state index contributed by atoms with van der Waals surface area (Å²) in [6.45, 7) is 2.17. The summed E-state index contributed by atoms with van der Waals surface area (Å²) in [6, 6.07) is 13.2. The summed E-state index contributed by atoms with van der Waals surface area (Å²) in [6.07, 6.45) is 0. The molecular formula is C16H14BrClO2. The van der Waals surface area contributed by atoms with Gasteiger partial charge in [0.1, 0.15) is 0 Å². The van der Waals surface area contributed by atoms with Crippen LogP contribution in [0.4, 0.5) is 0 Å². The molecule has 0 saturated carbocycles. The van der Waals surface area contributed by atoms with E-state index in [1.54, 1.807) is 13.0 Å². The maximum atomic E-state index is 11.8. The van der Waals surface area contributed by atoms with Crippen LogP contribution in [0.15, 0.2) is 42.5 Å². The summed E-state index contributed by atoms with van der Waals surface area (Å²) >= 11 is 9.49. The third kappa shape index (κ3) is 3.41. The molecule has 0 aliphatic carbocycles. The lowest BCUT2D eigenvalue weighted by molar-refractivity contribution is 0.0526. The van der Waals surface area contributed by atoms with Crippen LogP contribution in [-0.2, 0) is 10.1 Å². The molecule has 0 amide bonds. The Morgan fingerprint density at radius 3 is 2.70 bits per heavy atom. The van der Waals surface area contributed by atoms with Gasteiger partial charge in [-0.15, -0.1) is 0 Å². The molecule has 0 atom stereocenters. The molecule has 20 heavy (non-hydrogen) atoms. The molecule has 0 spiro atoms. The number of rotatable bonds is 4. The van der Waals surface area contributed by atoms with E-state index in [0.717, 1.165) is 16.7 Å². The molecule has 2 rings (SSSR count). The van der Waals surface area contributed by atoms with Gasteiger partial charge in [0.2, 0.25) is 0 Å². The van der Waals surface area contributed by atoms with Crippen LogP contribution >= 0.6 is 27.5 Å². The monoisotopic (exact) mass is 352 g/mol. The average Bonchev–Trinajstić information content (AvgIpc) is 2.46. The van der Waals surface area contributed by atoms with Crippen LogP contribution in [-0.4, -0.2) is 12.6 Å². The smallest absolute Gasteiger partial charge is 0.338 e. The number of alkyl halides is 1. The van der Waals surface area contributed by atoms with Gasteiger partial charge in [0, 0.05) is 10.4 Å². The predicted molar refractivity (Wildman–Crippen MR) is 85.5 cm³/mol. The van der Waals surface area contributed by atoms with Crippen molar-refractivity contribution in [2.24, 2.45) is 0 Å². The number of ether oxygens (including phenoxy) is 1. The van der Waals surface area contributed by atoms with Crippen molar-refractivity contribution in [1.82, 2.24) is 0 Å². The van der Waals surface area contributed by atoms with Gasteiger partial charge < -0.3 is 4.74 Å². The maximum absolute atomic E-state index is 11.8. The number of benzene rings is 2. The summed E-state index contributed by atoms with van der Waals surface area (Å²) < 4.78 is 5.02. The number of esters is 1. The zero-order valence-electron chi connectivity index (χ0n) is 11.0. The van der Waals surface area contributed by atoms with Crippen LogP contribution in [0.3, 0.4) is 0 Å². The average molecular weight is 354 g/mol. The lowest BCUT2D eigenvalue weighted by atomic mass is 9.98. The normalized spacial score (nSPS) is 10.3. The second-order valence-electron chi connectivity index (χ2n) is 4.24. The number of hydrogen-bond acceptors (Lipinski definition) is 2. The first-order valence-corrected chi connectivity index (χ1v) is 7.77. The van der Waals surface area contributed by atoms with Gasteiger partial charge in [-0.1, -0.05) is 45.7 Å². The van der Waals surface area contributed by atoms with Gasteiger partial charge in [-0.05, 0) is 47.9 Å². The highest BCUT2D eigenvalue weighted by molar-refractivity contribution is 9.08. The van der Waals surface area contributed by atoms with Gasteiger partial charge in [0.15, 0.2) is 0 Å². The number of hydrogen-bond donors (Lipinski definition) is 0. The van der Waals surface area contributed by atoms with Gasteiger partial charge in [-0.2, -0.15) is 0 Å². The van der Waals surface area contributed by atoms with Crippen molar-refractivity contribution in [3.8, 4) is 11.1 Å². The molecule has 0 bridgehead atoms. The fourth-order valence-corrected chi connectivity index (χ4v) is 2.64. The SMILES string of the molecule is CCOC(=O)c1ccc(-c2cccc(Cl)c2)c(CBr)c1. The predicted octanol–water partition coefficient (Wildman–Crippen LogP) is 5.08. The zero-order valence-corrected chi connectivity index (χ0v) is 13.4. The quantitative estimate of drug-likeness (QED) is 0.566. The minimum Gasteiger partial charge on any atom is -0.462 e. The van der Waals surface area contributed by atoms with Gasteiger partial charge in [-0.3, -0.25) is 0 Å². The fraction of sp³-hybridized carbons (Fsp3) is 0.188. The first-order valence-electron chi connectivity index (χ1n) is 6.27. The topological polar surface area (TPSA) is 26.3 Å². The Kier molecular flexibility index (Phi) is 5.21. The van der Waals surface area contributed by atoms with Crippen LogP contribution in [0.1, 0.15) is 22.8 Å². The molecule has 104 valence electrons. The van der Waals surface area contributed by atoms with E-state index in [2.05, 4.69) is 15.9 Å². The molecule has 0 aromatic heterocycles. The van der Waals surface area contributed by atoms with Gasteiger partial charge >= 0.3 is 5.97 Å². The van der Waals surface area contributed by atoms with E-state index in [-0.39, 0.29) is 5.97 Å². The second kappa shape index (κ2) is 6.91. The zero-order chi connectivity index (χ0) is 14.5. The minimum absolute atomic E-state index is 0.299. The van der Waals surface area contributed by atoms with Gasteiger partial charge in [0.05, 0.1) is 12.2 Å². The summed E-state index contributed by atoms with van der Waals surface area (Å²) in [5.41, 5.74) is 3.67. The summed E-state index contributed by atoms with van der Waals surface area (Å²) in [5, 5.41) is 1.35. The molecule has 0 aliphatic heterocycles. The Balaban J connectivity index is 2.43. The molecule has 0 unspecified atom stereocenters. The maximum Gasteiger partial charge on any atom is 0.338 e. The van der Waals surface area contributed by atoms with E-state index in [4.69, 9.17) is 16.3 Å². The Hall–Kier alpha value is -1.32.